The number of Topliss-reactive ketones (excluding diaryl/α,β-unsaturated/α-hetero) is 1. The van der Waals surface area contributed by atoms with Gasteiger partial charge in [0, 0.05) is 18.5 Å². The van der Waals surface area contributed by atoms with Crippen molar-refractivity contribution < 1.29 is 14.4 Å². The molecule has 0 radical (unpaired) electrons. The molecule has 1 heterocycles. The molecule has 2 unspecified atom stereocenters. The molecule has 0 aromatic heterocycles. The van der Waals surface area contributed by atoms with Crippen molar-refractivity contribution in [3.63, 3.8) is 0 Å². The molecular formula is C17H19NO3. The highest BCUT2D eigenvalue weighted by Gasteiger charge is 2.51. The number of amides is 2. The Balaban J connectivity index is 1.63. The van der Waals surface area contributed by atoms with Gasteiger partial charge < -0.3 is 0 Å². The van der Waals surface area contributed by atoms with Crippen LogP contribution in [0.25, 0.3) is 0 Å². The SMILES string of the molecule is CC1CC2C(=O)N(CCC(=O)c3ccccc3)C(=O)C2C1. The molecule has 4 nitrogen and oxygen atoms in total. The van der Waals surface area contributed by atoms with E-state index in [9.17, 15) is 14.4 Å². The number of fused-ring (bicyclic) bond motifs is 1. The third-order valence-corrected chi connectivity index (χ3v) is 4.62. The minimum absolute atomic E-state index is 0.0263. The van der Waals surface area contributed by atoms with Crippen LogP contribution in [-0.4, -0.2) is 29.0 Å². The maximum atomic E-state index is 12.3. The molecule has 3 rings (SSSR count). The second-order valence-corrected chi connectivity index (χ2v) is 6.16. The molecule has 4 heteroatoms. The second-order valence-electron chi connectivity index (χ2n) is 6.16. The molecule has 2 fully saturated rings. The molecular weight excluding hydrogens is 266 g/mol. The molecule has 0 bridgehead atoms. The van der Waals surface area contributed by atoms with Gasteiger partial charge in [-0.1, -0.05) is 37.3 Å². The molecule has 1 aliphatic carbocycles. The number of carbonyl (C=O) groups excluding carboxylic acids is 3. The summed E-state index contributed by atoms with van der Waals surface area (Å²) in [6.45, 7) is 2.30. The van der Waals surface area contributed by atoms with Crippen molar-refractivity contribution in [3.05, 3.63) is 35.9 Å². The fourth-order valence-corrected chi connectivity index (χ4v) is 3.55. The van der Waals surface area contributed by atoms with E-state index in [4.69, 9.17) is 0 Å². The van der Waals surface area contributed by atoms with E-state index in [0.29, 0.717) is 11.5 Å². The summed E-state index contributed by atoms with van der Waals surface area (Å²) in [5.41, 5.74) is 0.630. The van der Waals surface area contributed by atoms with Crippen molar-refractivity contribution in [2.45, 2.75) is 26.2 Å². The number of carbonyl (C=O) groups is 3. The van der Waals surface area contributed by atoms with Gasteiger partial charge in [-0.2, -0.15) is 0 Å². The van der Waals surface area contributed by atoms with Gasteiger partial charge in [0.2, 0.25) is 11.8 Å². The first-order valence-electron chi connectivity index (χ1n) is 7.51. The molecule has 1 saturated carbocycles. The first-order chi connectivity index (χ1) is 10.1. The van der Waals surface area contributed by atoms with Crippen LogP contribution >= 0.6 is 0 Å². The highest BCUT2D eigenvalue weighted by atomic mass is 16.2. The smallest absolute Gasteiger partial charge is 0.233 e. The van der Waals surface area contributed by atoms with Crippen molar-refractivity contribution >= 4 is 17.6 Å². The molecule has 2 amide bonds. The summed E-state index contributed by atoms with van der Waals surface area (Å²) >= 11 is 0. The Bertz CT molecular complexity index is 557. The van der Waals surface area contributed by atoms with Crippen LogP contribution in [0.5, 0.6) is 0 Å². The van der Waals surface area contributed by atoms with E-state index in [1.807, 2.05) is 18.2 Å². The number of benzene rings is 1. The van der Waals surface area contributed by atoms with Gasteiger partial charge in [-0.05, 0) is 18.8 Å². The summed E-state index contributed by atoms with van der Waals surface area (Å²) in [7, 11) is 0. The van der Waals surface area contributed by atoms with Gasteiger partial charge >= 0.3 is 0 Å². The number of ketones is 1. The summed E-state index contributed by atoms with van der Waals surface area (Å²) in [5, 5.41) is 0. The van der Waals surface area contributed by atoms with Crippen LogP contribution in [0.1, 0.15) is 36.5 Å². The van der Waals surface area contributed by atoms with E-state index in [0.717, 1.165) is 12.8 Å². The topological polar surface area (TPSA) is 54.5 Å². The number of rotatable bonds is 4. The number of nitrogens with zero attached hydrogens (tertiary/aromatic N) is 1. The highest BCUT2D eigenvalue weighted by Crippen LogP contribution is 2.42. The molecule has 1 aromatic rings. The fourth-order valence-electron chi connectivity index (χ4n) is 3.55. The first kappa shape index (κ1) is 14.0. The molecule has 110 valence electrons. The van der Waals surface area contributed by atoms with Crippen LogP contribution in [0.15, 0.2) is 30.3 Å². The van der Waals surface area contributed by atoms with Crippen LogP contribution < -0.4 is 0 Å². The average molecular weight is 285 g/mol. The summed E-state index contributed by atoms with van der Waals surface area (Å²) in [5.74, 6) is -0.00768. The van der Waals surface area contributed by atoms with Crippen molar-refractivity contribution in [2.24, 2.45) is 17.8 Å². The van der Waals surface area contributed by atoms with Crippen LogP contribution in [-0.2, 0) is 9.59 Å². The van der Waals surface area contributed by atoms with Gasteiger partial charge in [0.05, 0.1) is 11.8 Å². The Morgan fingerprint density at radius 2 is 1.67 bits per heavy atom. The van der Waals surface area contributed by atoms with Gasteiger partial charge in [0.15, 0.2) is 5.78 Å². The Hall–Kier alpha value is -1.97. The van der Waals surface area contributed by atoms with Gasteiger partial charge in [0.25, 0.3) is 0 Å². The van der Waals surface area contributed by atoms with Crippen molar-refractivity contribution in [1.29, 1.82) is 0 Å². The predicted octanol–water partition coefficient (Wildman–Crippen LogP) is 2.29. The van der Waals surface area contributed by atoms with Crippen LogP contribution in [0, 0.1) is 17.8 Å². The number of likely N-dealkylation sites (tertiary alicyclic amines) is 1. The zero-order chi connectivity index (χ0) is 15.0. The molecule has 0 spiro atoms. The Kier molecular flexibility index (Phi) is 3.62. The van der Waals surface area contributed by atoms with Gasteiger partial charge in [-0.25, -0.2) is 0 Å². The van der Waals surface area contributed by atoms with Gasteiger partial charge in [-0.15, -0.1) is 0 Å². The zero-order valence-corrected chi connectivity index (χ0v) is 12.1. The molecule has 1 aliphatic heterocycles. The first-order valence-corrected chi connectivity index (χ1v) is 7.51. The van der Waals surface area contributed by atoms with Gasteiger partial charge in [0.1, 0.15) is 0 Å². The van der Waals surface area contributed by atoms with Crippen molar-refractivity contribution in [3.8, 4) is 0 Å². The molecule has 2 aliphatic rings. The maximum Gasteiger partial charge on any atom is 0.233 e. The van der Waals surface area contributed by atoms with Crippen LogP contribution in [0.3, 0.4) is 0 Å². The molecule has 1 aromatic carbocycles. The summed E-state index contributed by atoms with van der Waals surface area (Å²) < 4.78 is 0. The quantitative estimate of drug-likeness (QED) is 0.630. The van der Waals surface area contributed by atoms with Crippen LogP contribution in [0.4, 0.5) is 0 Å². The lowest BCUT2D eigenvalue weighted by molar-refractivity contribution is -0.140. The lowest BCUT2D eigenvalue weighted by atomic mass is 10.00. The lowest BCUT2D eigenvalue weighted by Gasteiger charge is -2.16. The molecule has 1 saturated heterocycles. The summed E-state index contributed by atoms with van der Waals surface area (Å²) in [6, 6.07) is 8.99. The number of imide groups is 1. The Morgan fingerprint density at radius 3 is 2.24 bits per heavy atom. The highest BCUT2D eigenvalue weighted by molar-refractivity contribution is 6.06. The fraction of sp³-hybridized carbons (Fsp3) is 0.471. The second kappa shape index (κ2) is 5.43. The zero-order valence-electron chi connectivity index (χ0n) is 12.1. The largest absolute Gasteiger partial charge is 0.294 e. The van der Waals surface area contributed by atoms with E-state index in [1.165, 1.54) is 4.90 Å². The monoisotopic (exact) mass is 285 g/mol. The predicted molar refractivity (Wildman–Crippen MR) is 77.5 cm³/mol. The molecule has 2 atom stereocenters. The lowest BCUT2D eigenvalue weighted by Crippen LogP contribution is -2.34. The Morgan fingerprint density at radius 1 is 1.10 bits per heavy atom. The average Bonchev–Trinajstić information content (AvgIpc) is 2.97. The molecule has 21 heavy (non-hydrogen) atoms. The van der Waals surface area contributed by atoms with E-state index in [2.05, 4.69) is 6.92 Å². The van der Waals surface area contributed by atoms with Crippen molar-refractivity contribution in [1.82, 2.24) is 4.90 Å². The normalized spacial score (nSPS) is 28.0. The van der Waals surface area contributed by atoms with E-state index < -0.39 is 0 Å². The summed E-state index contributed by atoms with van der Waals surface area (Å²) in [4.78, 5) is 37.9. The number of hydrogen-bond donors (Lipinski definition) is 0. The third-order valence-electron chi connectivity index (χ3n) is 4.62. The number of hydrogen-bond acceptors (Lipinski definition) is 3. The Labute approximate surface area is 124 Å². The summed E-state index contributed by atoms with van der Waals surface area (Å²) in [6.07, 6.45) is 1.81. The van der Waals surface area contributed by atoms with E-state index in [1.54, 1.807) is 12.1 Å². The van der Waals surface area contributed by atoms with E-state index >= 15 is 0 Å². The maximum absolute atomic E-state index is 12.3. The van der Waals surface area contributed by atoms with Gasteiger partial charge in [-0.3, -0.25) is 19.3 Å². The van der Waals surface area contributed by atoms with Crippen LogP contribution in [0.2, 0.25) is 0 Å². The standard InChI is InChI=1S/C17H19NO3/c1-11-9-13-14(10-11)17(21)18(16(13)20)8-7-15(19)12-5-3-2-4-6-12/h2-6,11,13-14H,7-10H2,1H3. The van der Waals surface area contributed by atoms with E-state index in [-0.39, 0.29) is 42.4 Å². The minimum Gasteiger partial charge on any atom is -0.294 e. The van der Waals surface area contributed by atoms with Crippen molar-refractivity contribution in [2.75, 3.05) is 6.54 Å². The third kappa shape index (κ3) is 2.50. The minimum atomic E-state index is -0.140. The molecule has 0 N–H and O–H groups in total.